The van der Waals surface area contributed by atoms with Gasteiger partial charge in [0.25, 0.3) is 0 Å². The second-order valence-corrected chi connectivity index (χ2v) is 5.08. The van der Waals surface area contributed by atoms with Crippen molar-refractivity contribution >= 4 is 11.0 Å². The molecular weight excluding hydrogens is 236 g/mol. The van der Waals surface area contributed by atoms with Gasteiger partial charge >= 0.3 is 0 Å². The molecule has 0 bridgehead atoms. The molecule has 96 valence electrons. The highest BCUT2D eigenvalue weighted by atomic mass is 14.9. The topological polar surface area (TPSA) is 54.5 Å². The first-order valence-electron chi connectivity index (χ1n) is 6.48. The van der Waals surface area contributed by atoms with Gasteiger partial charge in [-0.25, -0.2) is 4.98 Å². The van der Waals surface area contributed by atoms with Crippen LogP contribution in [0.2, 0.25) is 0 Å². The van der Waals surface area contributed by atoms with E-state index in [-0.39, 0.29) is 0 Å². The molecule has 4 nitrogen and oxygen atoms in total. The average molecular weight is 252 g/mol. The number of hydrogen-bond acceptors (Lipinski definition) is 3. The summed E-state index contributed by atoms with van der Waals surface area (Å²) in [7, 11) is 0. The number of aromatic amines is 1. The maximum absolute atomic E-state index is 4.62. The van der Waals surface area contributed by atoms with Crippen molar-refractivity contribution in [1.29, 1.82) is 0 Å². The van der Waals surface area contributed by atoms with Crippen LogP contribution < -0.4 is 0 Å². The van der Waals surface area contributed by atoms with Crippen LogP contribution in [0.5, 0.6) is 0 Å². The fraction of sp³-hybridized carbons (Fsp3) is 0.267. The molecule has 0 aliphatic carbocycles. The quantitative estimate of drug-likeness (QED) is 0.778. The van der Waals surface area contributed by atoms with Crippen LogP contribution in [0.25, 0.3) is 22.4 Å². The molecule has 0 amide bonds. The first-order chi connectivity index (χ1) is 9.22. The van der Waals surface area contributed by atoms with E-state index >= 15 is 0 Å². The molecule has 0 radical (unpaired) electrons. The van der Waals surface area contributed by atoms with Crippen molar-refractivity contribution in [2.45, 2.75) is 20.3 Å². The first kappa shape index (κ1) is 11.8. The molecule has 0 aliphatic rings. The molecule has 19 heavy (non-hydrogen) atoms. The van der Waals surface area contributed by atoms with Crippen LogP contribution in [0.15, 0.2) is 36.7 Å². The Morgan fingerprint density at radius 3 is 2.79 bits per heavy atom. The van der Waals surface area contributed by atoms with Gasteiger partial charge in [-0.15, -0.1) is 0 Å². The lowest BCUT2D eigenvalue weighted by Gasteiger charge is -1.98. The maximum Gasteiger partial charge on any atom is 0.107 e. The fourth-order valence-corrected chi connectivity index (χ4v) is 2.10. The van der Waals surface area contributed by atoms with Crippen molar-refractivity contribution in [1.82, 2.24) is 19.9 Å². The molecule has 0 aliphatic heterocycles. The molecule has 0 saturated heterocycles. The average Bonchev–Trinajstić information content (AvgIpc) is 2.79. The fourth-order valence-electron chi connectivity index (χ4n) is 2.10. The molecule has 3 aromatic heterocycles. The van der Waals surface area contributed by atoms with Gasteiger partial charge < -0.3 is 4.98 Å². The van der Waals surface area contributed by atoms with Crippen LogP contribution in [0, 0.1) is 5.92 Å². The largest absolute Gasteiger partial charge is 0.341 e. The zero-order chi connectivity index (χ0) is 13.2. The van der Waals surface area contributed by atoms with E-state index in [9.17, 15) is 0 Å². The van der Waals surface area contributed by atoms with Gasteiger partial charge in [0.2, 0.25) is 0 Å². The van der Waals surface area contributed by atoms with E-state index in [1.807, 2.05) is 30.5 Å². The zero-order valence-electron chi connectivity index (χ0n) is 11.1. The Balaban J connectivity index is 2.01. The van der Waals surface area contributed by atoms with Crippen LogP contribution in [-0.2, 0) is 6.42 Å². The lowest BCUT2D eigenvalue weighted by Crippen LogP contribution is -1.95. The van der Waals surface area contributed by atoms with Crippen molar-refractivity contribution in [3.8, 4) is 11.4 Å². The third kappa shape index (κ3) is 2.47. The third-order valence-corrected chi connectivity index (χ3v) is 2.95. The van der Waals surface area contributed by atoms with Gasteiger partial charge in [-0.1, -0.05) is 19.9 Å². The Morgan fingerprint density at radius 1 is 1.16 bits per heavy atom. The number of nitrogens with zero attached hydrogens (tertiary/aromatic N) is 3. The van der Waals surface area contributed by atoms with E-state index in [1.165, 1.54) is 0 Å². The Labute approximate surface area is 111 Å². The van der Waals surface area contributed by atoms with Crippen molar-refractivity contribution in [3.05, 3.63) is 42.5 Å². The SMILES string of the molecule is CC(C)Cc1nc2cc(-c3ccccn3)ncc2[nH]1. The van der Waals surface area contributed by atoms with Crippen LogP contribution in [-0.4, -0.2) is 19.9 Å². The van der Waals surface area contributed by atoms with E-state index in [4.69, 9.17) is 0 Å². The highest BCUT2D eigenvalue weighted by Gasteiger charge is 2.07. The van der Waals surface area contributed by atoms with Gasteiger partial charge in [0.1, 0.15) is 5.82 Å². The van der Waals surface area contributed by atoms with Crippen molar-refractivity contribution in [2.75, 3.05) is 0 Å². The van der Waals surface area contributed by atoms with Crippen LogP contribution in [0.1, 0.15) is 19.7 Å². The Hall–Kier alpha value is -2.23. The number of fused-ring (bicyclic) bond motifs is 1. The van der Waals surface area contributed by atoms with Gasteiger partial charge in [-0.05, 0) is 24.1 Å². The molecule has 4 heteroatoms. The summed E-state index contributed by atoms with van der Waals surface area (Å²) in [6.45, 7) is 4.37. The number of pyridine rings is 2. The number of hydrogen-bond donors (Lipinski definition) is 1. The van der Waals surface area contributed by atoms with Gasteiger partial charge in [-0.2, -0.15) is 0 Å². The molecule has 3 rings (SSSR count). The minimum Gasteiger partial charge on any atom is -0.341 e. The molecular formula is C15H16N4. The van der Waals surface area contributed by atoms with Crippen LogP contribution in [0.4, 0.5) is 0 Å². The highest BCUT2D eigenvalue weighted by molar-refractivity contribution is 5.78. The smallest absolute Gasteiger partial charge is 0.107 e. The summed E-state index contributed by atoms with van der Waals surface area (Å²) in [5, 5.41) is 0. The minimum absolute atomic E-state index is 0.587. The van der Waals surface area contributed by atoms with Crippen molar-refractivity contribution < 1.29 is 0 Å². The number of rotatable bonds is 3. The lowest BCUT2D eigenvalue weighted by molar-refractivity contribution is 0.627. The van der Waals surface area contributed by atoms with E-state index in [0.717, 1.165) is 34.7 Å². The van der Waals surface area contributed by atoms with Crippen LogP contribution >= 0.6 is 0 Å². The maximum atomic E-state index is 4.62. The molecule has 0 spiro atoms. The standard InChI is InChI=1S/C15H16N4/c1-10(2)7-15-18-13-8-12(17-9-14(13)19-15)11-5-3-4-6-16-11/h3-6,8-10H,7H2,1-2H3,(H,18,19). The molecule has 0 atom stereocenters. The van der Waals surface area contributed by atoms with E-state index < -0.39 is 0 Å². The molecule has 1 N–H and O–H groups in total. The van der Waals surface area contributed by atoms with Gasteiger partial charge in [0.15, 0.2) is 0 Å². The Bertz CT molecular complexity index is 686. The van der Waals surface area contributed by atoms with Gasteiger partial charge in [0, 0.05) is 12.6 Å². The lowest BCUT2D eigenvalue weighted by atomic mass is 10.1. The molecule has 0 saturated carbocycles. The summed E-state index contributed by atoms with van der Waals surface area (Å²) in [4.78, 5) is 16.7. The van der Waals surface area contributed by atoms with Gasteiger partial charge in [-0.3, -0.25) is 9.97 Å². The second-order valence-electron chi connectivity index (χ2n) is 5.08. The number of nitrogens with one attached hydrogen (secondary N) is 1. The normalized spacial score (nSPS) is 11.3. The minimum atomic E-state index is 0.587. The van der Waals surface area contributed by atoms with Crippen molar-refractivity contribution in [3.63, 3.8) is 0 Å². The highest BCUT2D eigenvalue weighted by Crippen LogP contribution is 2.19. The summed E-state index contributed by atoms with van der Waals surface area (Å²) >= 11 is 0. The predicted molar refractivity (Wildman–Crippen MR) is 75.7 cm³/mol. The molecule has 0 fully saturated rings. The molecule has 0 unspecified atom stereocenters. The molecule has 3 heterocycles. The Morgan fingerprint density at radius 2 is 2.05 bits per heavy atom. The monoisotopic (exact) mass is 252 g/mol. The summed E-state index contributed by atoms with van der Waals surface area (Å²) in [5.41, 5.74) is 3.66. The Kier molecular flexibility index (Phi) is 2.99. The van der Waals surface area contributed by atoms with Crippen molar-refractivity contribution in [2.24, 2.45) is 5.92 Å². The van der Waals surface area contributed by atoms with Gasteiger partial charge in [0.05, 0.1) is 28.6 Å². The summed E-state index contributed by atoms with van der Waals surface area (Å²) in [5.74, 6) is 1.61. The zero-order valence-corrected chi connectivity index (χ0v) is 11.1. The van der Waals surface area contributed by atoms with E-state index in [1.54, 1.807) is 6.20 Å². The summed E-state index contributed by atoms with van der Waals surface area (Å²) in [6.07, 6.45) is 4.56. The second kappa shape index (κ2) is 4.80. The van der Waals surface area contributed by atoms with Crippen LogP contribution in [0.3, 0.4) is 0 Å². The predicted octanol–water partition coefficient (Wildman–Crippen LogP) is 3.22. The van der Waals surface area contributed by atoms with E-state index in [0.29, 0.717) is 5.92 Å². The number of H-pyrrole nitrogens is 1. The summed E-state index contributed by atoms with van der Waals surface area (Å²) < 4.78 is 0. The first-order valence-corrected chi connectivity index (χ1v) is 6.48. The third-order valence-electron chi connectivity index (χ3n) is 2.95. The summed E-state index contributed by atoms with van der Waals surface area (Å²) in [6, 6.07) is 7.80. The molecule has 3 aromatic rings. The number of imidazole rings is 1. The van der Waals surface area contributed by atoms with E-state index in [2.05, 4.69) is 33.8 Å². The molecule has 0 aromatic carbocycles. The number of aromatic nitrogens is 4.